The summed E-state index contributed by atoms with van der Waals surface area (Å²) < 4.78 is 0. The standard InChI is InChI=1S/C9H10N4O2S/c1-3-7(14)15-13-9(10-11-12-13)8-6(2)4-5-16-8/h4-5H,3H2,1-2H3. The van der Waals surface area contributed by atoms with Crippen LogP contribution in [-0.4, -0.2) is 26.3 Å². The van der Waals surface area contributed by atoms with Gasteiger partial charge in [-0.3, -0.25) is 0 Å². The molecule has 0 amide bonds. The van der Waals surface area contributed by atoms with Crippen LogP contribution in [0.1, 0.15) is 18.9 Å². The van der Waals surface area contributed by atoms with Crippen molar-refractivity contribution in [3.05, 3.63) is 17.0 Å². The number of aryl methyl sites for hydroxylation is 1. The van der Waals surface area contributed by atoms with Gasteiger partial charge < -0.3 is 4.84 Å². The molecule has 6 nitrogen and oxygen atoms in total. The summed E-state index contributed by atoms with van der Waals surface area (Å²) >= 11 is 1.50. The molecular formula is C9H10N4O2S. The van der Waals surface area contributed by atoms with Crippen molar-refractivity contribution in [2.24, 2.45) is 0 Å². The quantitative estimate of drug-likeness (QED) is 0.748. The Morgan fingerprint density at radius 2 is 2.44 bits per heavy atom. The first-order valence-corrected chi connectivity index (χ1v) is 5.64. The van der Waals surface area contributed by atoms with E-state index in [0.717, 1.165) is 15.3 Å². The van der Waals surface area contributed by atoms with E-state index in [4.69, 9.17) is 4.84 Å². The molecule has 16 heavy (non-hydrogen) atoms. The second kappa shape index (κ2) is 4.40. The smallest absolute Gasteiger partial charge is 0.316 e. The van der Waals surface area contributed by atoms with E-state index < -0.39 is 0 Å². The van der Waals surface area contributed by atoms with Crippen LogP contribution in [0.15, 0.2) is 11.4 Å². The molecule has 7 heteroatoms. The number of rotatable bonds is 3. The monoisotopic (exact) mass is 238 g/mol. The van der Waals surface area contributed by atoms with Crippen LogP contribution in [0.2, 0.25) is 0 Å². The van der Waals surface area contributed by atoms with Crippen LogP contribution in [0.25, 0.3) is 10.7 Å². The third-order valence-corrected chi connectivity index (χ3v) is 3.00. The molecule has 0 atom stereocenters. The van der Waals surface area contributed by atoms with Crippen LogP contribution in [-0.2, 0) is 4.79 Å². The maximum Gasteiger partial charge on any atom is 0.334 e. The zero-order valence-corrected chi connectivity index (χ0v) is 9.69. The van der Waals surface area contributed by atoms with Gasteiger partial charge in [0.25, 0.3) is 0 Å². The third-order valence-electron chi connectivity index (χ3n) is 1.98. The maximum atomic E-state index is 11.2. The molecule has 0 aliphatic rings. The molecule has 2 rings (SSSR count). The van der Waals surface area contributed by atoms with E-state index in [2.05, 4.69) is 15.5 Å². The van der Waals surface area contributed by atoms with Crippen LogP contribution in [0, 0.1) is 6.92 Å². The van der Waals surface area contributed by atoms with Crippen molar-refractivity contribution in [2.75, 3.05) is 0 Å². The zero-order chi connectivity index (χ0) is 11.5. The Balaban J connectivity index is 2.33. The van der Waals surface area contributed by atoms with E-state index in [0.29, 0.717) is 5.82 Å². The summed E-state index contributed by atoms with van der Waals surface area (Å²) in [6.45, 7) is 3.66. The van der Waals surface area contributed by atoms with Crippen molar-refractivity contribution in [1.82, 2.24) is 20.4 Å². The molecular weight excluding hydrogens is 228 g/mol. The molecule has 84 valence electrons. The molecule has 0 saturated heterocycles. The van der Waals surface area contributed by atoms with Crippen molar-refractivity contribution >= 4 is 17.3 Å². The molecule has 0 aliphatic heterocycles. The predicted molar refractivity (Wildman–Crippen MR) is 57.7 cm³/mol. The van der Waals surface area contributed by atoms with E-state index in [1.807, 2.05) is 18.4 Å². The molecule has 0 bridgehead atoms. The molecule has 0 unspecified atom stereocenters. The van der Waals surface area contributed by atoms with Gasteiger partial charge in [-0.2, -0.15) is 0 Å². The van der Waals surface area contributed by atoms with Gasteiger partial charge in [0.2, 0.25) is 5.82 Å². The first-order valence-electron chi connectivity index (χ1n) is 4.76. The Hall–Kier alpha value is -1.76. The fourth-order valence-corrected chi connectivity index (χ4v) is 2.02. The van der Waals surface area contributed by atoms with Gasteiger partial charge in [0, 0.05) is 6.42 Å². The summed E-state index contributed by atoms with van der Waals surface area (Å²) in [5.41, 5.74) is 1.05. The van der Waals surface area contributed by atoms with Crippen LogP contribution in [0.4, 0.5) is 0 Å². The van der Waals surface area contributed by atoms with Gasteiger partial charge in [-0.05, 0) is 39.2 Å². The topological polar surface area (TPSA) is 69.9 Å². The van der Waals surface area contributed by atoms with E-state index in [1.54, 1.807) is 6.92 Å². The minimum Gasteiger partial charge on any atom is -0.316 e. The Morgan fingerprint density at radius 3 is 3.06 bits per heavy atom. The molecule has 2 aromatic heterocycles. The van der Waals surface area contributed by atoms with Crippen LogP contribution < -0.4 is 4.84 Å². The summed E-state index contributed by atoms with van der Waals surface area (Å²) in [7, 11) is 0. The van der Waals surface area contributed by atoms with Gasteiger partial charge in [0.05, 0.1) is 4.88 Å². The highest BCUT2D eigenvalue weighted by Crippen LogP contribution is 2.25. The number of tetrazole rings is 1. The summed E-state index contributed by atoms with van der Waals surface area (Å²) in [4.78, 5) is 18.1. The number of nitrogens with zero attached hydrogens (tertiary/aromatic N) is 4. The van der Waals surface area contributed by atoms with Gasteiger partial charge in [-0.15, -0.1) is 16.4 Å². The molecule has 2 heterocycles. The molecule has 0 spiro atoms. The van der Waals surface area contributed by atoms with Crippen molar-refractivity contribution in [2.45, 2.75) is 20.3 Å². The van der Waals surface area contributed by atoms with Gasteiger partial charge in [-0.25, -0.2) is 4.79 Å². The number of aromatic nitrogens is 4. The first-order chi connectivity index (χ1) is 7.72. The molecule has 0 fully saturated rings. The average molecular weight is 238 g/mol. The summed E-state index contributed by atoms with van der Waals surface area (Å²) in [6.07, 6.45) is 0.280. The van der Waals surface area contributed by atoms with Crippen LogP contribution in [0.5, 0.6) is 0 Å². The first kappa shape index (κ1) is 10.7. The minimum absolute atomic E-state index is 0.280. The highest BCUT2D eigenvalue weighted by atomic mass is 32.1. The average Bonchev–Trinajstić information content (AvgIpc) is 2.86. The largest absolute Gasteiger partial charge is 0.334 e. The fourth-order valence-electron chi connectivity index (χ4n) is 1.14. The highest BCUT2D eigenvalue weighted by molar-refractivity contribution is 7.13. The van der Waals surface area contributed by atoms with E-state index in [1.165, 1.54) is 11.3 Å². The van der Waals surface area contributed by atoms with Crippen molar-refractivity contribution in [1.29, 1.82) is 0 Å². The molecule has 0 aliphatic carbocycles. The SMILES string of the molecule is CCC(=O)On1nnnc1-c1sccc1C. The summed E-state index contributed by atoms with van der Waals surface area (Å²) in [5, 5.41) is 12.9. The Labute approximate surface area is 95.8 Å². The van der Waals surface area contributed by atoms with E-state index in [9.17, 15) is 4.79 Å². The van der Waals surface area contributed by atoms with Gasteiger partial charge in [0.1, 0.15) is 0 Å². The summed E-state index contributed by atoms with van der Waals surface area (Å²) in [6, 6.07) is 1.96. The van der Waals surface area contributed by atoms with Gasteiger partial charge in [-0.1, -0.05) is 6.92 Å². The lowest BCUT2D eigenvalue weighted by atomic mass is 10.3. The molecule has 0 aromatic carbocycles. The molecule has 2 aromatic rings. The Bertz CT molecular complexity index is 505. The van der Waals surface area contributed by atoms with Crippen molar-refractivity contribution in [3.63, 3.8) is 0 Å². The lowest BCUT2D eigenvalue weighted by Gasteiger charge is -2.02. The summed E-state index contributed by atoms with van der Waals surface area (Å²) in [5.74, 6) is 0.0806. The third kappa shape index (κ3) is 1.94. The van der Waals surface area contributed by atoms with Gasteiger partial charge in [0.15, 0.2) is 0 Å². The van der Waals surface area contributed by atoms with Crippen molar-refractivity contribution < 1.29 is 9.63 Å². The normalized spacial score (nSPS) is 10.4. The Morgan fingerprint density at radius 1 is 1.62 bits per heavy atom. The lowest BCUT2D eigenvalue weighted by molar-refractivity contribution is -0.145. The fraction of sp³-hybridized carbons (Fsp3) is 0.333. The predicted octanol–water partition coefficient (Wildman–Crippen LogP) is 1.08. The van der Waals surface area contributed by atoms with Gasteiger partial charge >= 0.3 is 5.97 Å². The second-order valence-corrected chi connectivity index (χ2v) is 4.04. The zero-order valence-electron chi connectivity index (χ0n) is 8.88. The maximum absolute atomic E-state index is 11.2. The lowest BCUT2D eigenvalue weighted by Crippen LogP contribution is -2.20. The van der Waals surface area contributed by atoms with E-state index in [-0.39, 0.29) is 12.4 Å². The second-order valence-electron chi connectivity index (χ2n) is 3.13. The number of carbonyl (C=O) groups excluding carboxylic acids is 1. The molecule has 0 radical (unpaired) electrons. The number of thiophene rings is 1. The van der Waals surface area contributed by atoms with Crippen LogP contribution >= 0.6 is 11.3 Å². The van der Waals surface area contributed by atoms with E-state index >= 15 is 0 Å². The highest BCUT2D eigenvalue weighted by Gasteiger charge is 2.15. The number of carbonyl (C=O) groups is 1. The Kier molecular flexibility index (Phi) is 2.95. The minimum atomic E-state index is -0.372. The molecule has 0 saturated carbocycles. The van der Waals surface area contributed by atoms with Crippen molar-refractivity contribution in [3.8, 4) is 10.7 Å². The number of hydrogen-bond donors (Lipinski definition) is 0. The molecule has 0 N–H and O–H groups in total. The number of hydrogen-bond acceptors (Lipinski definition) is 6. The van der Waals surface area contributed by atoms with Crippen LogP contribution in [0.3, 0.4) is 0 Å².